The van der Waals surface area contributed by atoms with Crippen LogP contribution in [0.3, 0.4) is 0 Å². The molecular weight excluding hydrogens is 264 g/mol. The molecule has 2 aliphatic rings. The topological polar surface area (TPSA) is 102 Å². The minimum atomic E-state index is -1.04. The summed E-state index contributed by atoms with van der Waals surface area (Å²) in [6, 6.07) is -1.40. The number of fused-ring (bicyclic) bond motifs is 1. The van der Waals surface area contributed by atoms with Crippen molar-refractivity contribution in [2.24, 2.45) is 5.92 Å². The van der Waals surface area contributed by atoms with Crippen LogP contribution < -0.4 is 10.6 Å². The van der Waals surface area contributed by atoms with Gasteiger partial charge >= 0.3 is 18.0 Å². The molecule has 4 amide bonds. The standard InChI is InChI=1S/C12H20N4O4/c1-7(2)9(10(17)18)14-12(20)15-3-4-16-8(6-15)5-13-11(16)19/h7-9H,3-6H2,1-2H3,(H,13,19)(H,14,20)(H,17,18)/t8?,9-/m0/s1. The zero-order valence-corrected chi connectivity index (χ0v) is 11.6. The summed E-state index contributed by atoms with van der Waals surface area (Å²) in [7, 11) is 0. The first-order chi connectivity index (χ1) is 9.40. The van der Waals surface area contributed by atoms with Crippen molar-refractivity contribution in [2.75, 3.05) is 26.2 Å². The number of carboxylic acids is 1. The molecule has 2 heterocycles. The minimum absolute atomic E-state index is 0.0238. The van der Waals surface area contributed by atoms with E-state index in [1.807, 2.05) is 0 Å². The van der Waals surface area contributed by atoms with E-state index in [4.69, 9.17) is 5.11 Å². The lowest BCUT2D eigenvalue weighted by Gasteiger charge is -2.37. The van der Waals surface area contributed by atoms with Crippen LogP contribution in [0.2, 0.25) is 0 Å². The van der Waals surface area contributed by atoms with Crippen LogP contribution in [0, 0.1) is 5.92 Å². The van der Waals surface area contributed by atoms with Crippen molar-refractivity contribution < 1.29 is 19.5 Å². The maximum Gasteiger partial charge on any atom is 0.326 e. The Morgan fingerprint density at radius 1 is 1.40 bits per heavy atom. The summed E-state index contributed by atoms with van der Waals surface area (Å²) >= 11 is 0. The summed E-state index contributed by atoms with van der Waals surface area (Å²) in [6.07, 6.45) is 0. The number of hydrogen-bond donors (Lipinski definition) is 3. The van der Waals surface area contributed by atoms with E-state index in [0.29, 0.717) is 26.2 Å². The second kappa shape index (κ2) is 5.56. The smallest absolute Gasteiger partial charge is 0.326 e. The first kappa shape index (κ1) is 14.4. The third-order valence-corrected chi connectivity index (χ3v) is 3.73. The van der Waals surface area contributed by atoms with E-state index in [0.717, 1.165) is 0 Å². The van der Waals surface area contributed by atoms with Crippen molar-refractivity contribution in [3.8, 4) is 0 Å². The quantitative estimate of drug-likeness (QED) is 0.651. The average Bonchev–Trinajstić information content (AvgIpc) is 2.76. The number of piperazine rings is 1. The number of carboxylic acid groups (broad SMARTS) is 1. The number of aliphatic carboxylic acids is 1. The molecule has 8 nitrogen and oxygen atoms in total. The highest BCUT2D eigenvalue weighted by Crippen LogP contribution is 2.14. The van der Waals surface area contributed by atoms with Crippen LogP contribution in [0.25, 0.3) is 0 Å². The Bertz CT molecular complexity index is 426. The fourth-order valence-corrected chi connectivity index (χ4v) is 2.53. The van der Waals surface area contributed by atoms with Crippen LogP contribution in [-0.4, -0.2) is 71.2 Å². The fourth-order valence-electron chi connectivity index (χ4n) is 2.53. The molecule has 0 radical (unpaired) electrons. The number of carbonyl (C=O) groups excluding carboxylic acids is 2. The van der Waals surface area contributed by atoms with Gasteiger partial charge in [-0.15, -0.1) is 0 Å². The highest BCUT2D eigenvalue weighted by atomic mass is 16.4. The van der Waals surface area contributed by atoms with Gasteiger partial charge in [-0.25, -0.2) is 14.4 Å². The third-order valence-electron chi connectivity index (χ3n) is 3.73. The molecule has 0 bridgehead atoms. The normalized spacial score (nSPS) is 23.4. The van der Waals surface area contributed by atoms with Crippen molar-refractivity contribution in [3.63, 3.8) is 0 Å². The molecule has 2 aliphatic heterocycles. The number of carbonyl (C=O) groups is 3. The molecule has 0 aromatic carbocycles. The van der Waals surface area contributed by atoms with Gasteiger partial charge in [0.15, 0.2) is 0 Å². The largest absolute Gasteiger partial charge is 0.480 e. The van der Waals surface area contributed by atoms with Crippen molar-refractivity contribution in [1.29, 1.82) is 0 Å². The van der Waals surface area contributed by atoms with Crippen LogP contribution in [0.5, 0.6) is 0 Å². The van der Waals surface area contributed by atoms with Crippen molar-refractivity contribution in [2.45, 2.75) is 25.9 Å². The van der Waals surface area contributed by atoms with Crippen molar-refractivity contribution in [1.82, 2.24) is 20.4 Å². The number of hydrogen-bond acceptors (Lipinski definition) is 3. The highest BCUT2D eigenvalue weighted by molar-refractivity contribution is 5.83. The summed E-state index contributed by atoms with van der Waals surface area (Å²) in [5, 5.41) is 14.4. The summed E-state index contributed by atoms with van der Waals surface area (Å²) in [5.41, 5.74) is 0. The lowest BCUT2D eigenvalue weighted by Crippen LogP contribution is -2.58. The number of nitrogens with one attached hydrogen (secondary N) is 2. The minimum Gasteiger partial charge on any atom is -0.480 e. The molecule has 2 fully saturated rings. The number of rotatable bonds is 3. The second-order valence-corrected chi connectivity index (χ2v) is 5.49. The van der Waals surface area contributed by atoms with Crippen molar-refractivity contribution >= 4 is 18.0 Å². The van der Waals surface area contributed by atoms with Gasteiger partial charge < -0.3 is 25.5 Å². The fraction of sp³-hybridized carbons (Fsp3) is 0.750. The van der Waals surface area contributed by atoms with Gasteiger partial charge in [-0.05, 0) is 5.92 Å². The first-order valence-corrected chi connectivity index (χ1v) is 6.73. The van der Waals surface area contributed by atoms with Crippen LogP contribution in [0.1, 0.15) is 13.8 Å². The Morgan fingerprint density at radius 3 is 2.70 bits per heavy atom. The number of nitrogens with zero attached hydrogens (tertiary/aromatic N) is 2. The SMILES string of the molecule is CC(C)[C@H](NC(=O)N1CCN2C(=O)NCC2C1)C(=O)O. The van der Waals surface area contributed by atoms with Crippen LogP contribution >= 0.6 is 0 Å². The van der Waals surface area contributed by atoms with Gasteiger partial charge in [-0.1, -0.05) is 13.8 Å². The molecule has 0 saturated carbocycles. The van der Waals surface area contributed by atoms with Crippen LogP contribution in [0.15, 0.2) is 0 Å². The van der Waals surface area contributed by atoms with Gasteiger partial charge in [-0.3, -0.25) is 0 Å². The average molecular weight is 284 g/mol. The van der Waals surface area contributed by atoms with E-state index in [1.54, 1.807) is 23.6 Å². The van der Waals surface area contributed by atoms with Crippen LogP contribution in [0.4, 0.5) is 9.59 Å². The third kappa shape index (κ3) is 2.78. The number of urea groups is 2. The van der Waals surface area contributed by atoms with Gasteiger partial charge in [-0.2, -0.15) is 0 Å². The molecule has 1 unspecified atom stereocenters. The first-order valence-electron chi connectivity index (χ1n) is 6.73. The Hall–Kier alpha value is -1.99. The molecule has 2 saturated heterocycles. The summed E-state index contributed by atoms with van der Waals surface area (Å²) < 4.78 is 0. The molecule has 0 aromatic rings. The van der Waals surface area contributed by atoms with Gasteiger partial charge in [0.05, 0.1) is 6.04 Å². The van der Waals surface area contributed by atoms with Gasteiger partial charge in [0.1, 0.15) is 6.04 Å². The van der Waals surface area contributed by atoms with E-state index in [1.165, 1.54) is 0 Å². The highest BCUT2D eigenvalue weighted by Gasteiger charge is 2.37. The summed E-state index contributed by atoms with van der Waals surface area (Å²) in [5.74, 6) is -1.22. The number of amides is 4. The Labute approximate surface area is 117 Å². The summed E-state index contributed by atoms with van der Waals surface area (Å²) in [4.78, 5) is 37.9. The predicted molar refractivity (Wildman–Crippen MR) is 70.3 cm³/mol. The molecule has 8 heteroatoms. The van der Waals surface area contributed by atoms with E-state index in [2.05, 4.69) is 10.6 Å². The maximum absolute atomic E-state index is 12.1. The second-order valence-electron chi connectivity index (χ2n) is 5.49. The van der Waals surface area contributed by atoms with E-state index in [9.17, 15) is 14.4 Å². The van der Waals surface area contributed by atoms with Gasteiger partial charge in [0, 0.05) is 26.2 Å². The molecule has 112 valence electrons. The Kier molecular flexibility index (Phi) is 4.01. The molecule has 2 atom stereocenters. The van der Waals surface area contributed by atoms with E-state index < -0.39 is 12.0 Å². The zero-order chi connectivity index (χ0) is 14.9. The van der Waals surface area contributed by atoms with Crippen LogP contribution in [-0.2, 0) is 4.79 Å². The van der Waals surface area contributed by atoms with Gasteiger partial charge in [0.25, 0.3) is 0 Å². The molecule has 3 N–H and O–H groups in total. The predicted octanol–water partition coefficient (Wildman–Crippen LogP) is -0.485. The lowest BCUT2D eigenvalue weighted by molar-refractivity contribution is -0.140. The zero-order valence-electron chi connectivity index (χ0n) is 11.6. The molecule has 0 spiro atoms. The Morgan fingerprint density at radius 2 is 2.10 bits per heavy atom. The monoisotopic (exact) mass is 284 g/mol. The molecule has 0 aromatic heterocycles. The van der Waals surface area contributed by atoms with E-state index in [-0.39, 0.29) is 24.0 Å². The molecule has 20 heavy (non-hydrogen) atoms. The lowest BCUT2D eigenvalue weighted by atomic mass is 10.1. The van der Waals surface area contributed by atoms with E-state index >= 15 is 0 Å². The molecule has 2 rings (SSSR count). The molecular formula is C12H20N4O4. The molecule has 0 aliphatic carbocycles. The van der Waals surface area contributed by atoms with Gasteiger partial charge in [0.2, 0.25) is 0 Å². The summed E-state index contributed by atoms with van der Waals surface area (Å²) in [6.45, 7) is 5.33. The Balaban J connectivity index is 1.94. The maximum atomic E-state index is 12.1. The van der Waals surface area contributed by atoms with Crippen molar-refractivity contribution in [3.05, 3.63) is 0 Å².